The van der Waals surface area contributed by atoms with Gasteiger partial charge < -0.3 is 10.5 Å². The minimum absolute atomic E-state index is 0.240. The lowest BCUT2D eigenvalue weighted by Gasteiger charge is -2.13. The molecule has 0 radical (unpaired) electrons. The van der Waals surface area contributed by atoms with Crippen LogP contribution < -0.4 is 5.73 Å². The second-order valence-electron chi connectivity index (χ2n) is 3.71. The van der Waals surface area contributed by atoms with Gasteiger partial charge in [-0.1, -0.05) is 11.6 Å². The Balaban J connectivity index is 2.28. The van der Waals surface area contributed by atoms with Crippen molar-refractivity contribution >= 4 is 38.9 Å². The third kappa shape index (κ3) is 2.95. The molecule has 2 rings (SSSR count). The molecular formula is C11H13BrClN3OS. The number of hydrogen-bond donors (Lipinski definition) is 1. The lowest BCUT2D eigenvalue weighted by atomic mass is 10.2. The van der Waals surface area contributed by atoms with Gasteiger partial charge in [0.2, 0.25) is 0 Å². The molecule has 1 atom stereocenters. The van der Waals surface area contributed by atoms with E-state index >= 15 is 0 Å². The first-order valence-electron chi connectivity index (χ1n) is 5.34. The van der Waals surface area contributed by atoms with Crippen LogP contribution in [0.2, 0.25) is 4.34 Å². The maximum Gasteiger partial charge on any atom is 0.0931 e. The first kappa shape index (κ1) is 14.0. The molecule has 0 aliphatic carbocycles. The molecule has 2 N–H and O–H groups in total. The predicted octanol–water partition coefficient (Wildman–Crippen LogP) is 3.06. The van der Waals surface area contributed by atoms with Crippen molar-refractivity contribution in [1.82, 2.24) is 9.78 Å². The number of thiophene rings is 1. The molecule has 4 nitrogen and oxygen atoms in total. The Morgan fingerprint density at radius 2 is 2.39 bits per heavy atom. The van der Waals surface area contributed by atoms with E-state index in [1.54, 1.807) is 13.3 Å². The van der Waals surface area contributed by atoms with Crippen LogP contribution in [0.5, 0.6) is 0 Å². The second-order valence-corrected chi connectivity index (χ2v) is 6.31. The standard InChI is InChI=1S/C11H13BrClN3OS/c1-17-5-4-16-11(7(12)6-15-16)10(14)8-2-3-9(13)18-8/h2-3,6,10H,4-5,14H2,1H3. The van der Waals surface area contributed by atoms with Gasteiger partial charge in [0, 0.05) is 12.0 Å². The fourth-order valence-electron chi connectivity index (χ4n) is 1.67. The summed E-state index contributed by atoms with van der Waals surface area (Å²) in [6, 6.07) is 3.55. The molecule has 0 aromatic carbocycles. The smallest absolute Gasteiger partial charge is 0.0931 e. The van der Waals surface area contributed by atoms with Gasteiger partial charge in [0.05, 0.1) is 39.9 Å². The third-order valence-corrected chi connectivity index (χ3v) is 4.46. The fourth-order valence-corrected chi connectivity index (χ4v) is 3.28. The van der Waals surface area contributed by atoms with Crippen molar-refractivity contribution in [3.8, 4) is 0 Å². The zero-order valence-electron chi connectivity index (χ0n) is 9.77. The van der Waals surface area contributed by atoms with Crippen molar-refractivity contribution in [2.75, 3.05) is 13.7 Å². The molecule has 2 aromatic rings. The van der Waals surface area contributed by atoms with E-state index in [1.807, 2.05) is 16.8 Å². The highest BCUT2D eigenvalue weighted by Crippen LogP contribution is 2.32. The lowest BCUT2D eigenvalue weighted by molar-refractivity contribution is 0.182. The maximum atomic E-state index is 6.27. The van der Waals surface area contributed by atoms with Gasteiger partial charge in [0.1, 0.15) is 0 Å². The van der Waals surface area contributed by atoms with Crippen molar-refractivity contribution in [3.05, 3.63) is 37.7 Å². The van der Waals surface area contributed by atoms with Crippen molar-refractivity contribution < 1.29 is 4.74 Å². The van der Waals surface area contributed by atoms with Gasteiger partial charge in [0.25, 0.3) is 0 Å². The second kappa shape index (κ2) is 6.16. The SMILES string of the molecule is COCCn1ncc(Br)c1C(N)c1ccc(Cl)s1. The maximum absolute atomic E-state index is 6.27. The third-order valence-electron chi connectivity index (χ3n) is 2.54. The molecular weight excluding hydrogens is 338 g/mol. The van der Waals surface area contributed by atoms with Gasteiger partial charge in [-0.3, -0.25) is 4.68 Å². The molecule has 0 spiro atoms. The van der Waals surface area contributed by atoms with Crippen LogP contribution in [0, 0.1) is 0 Å². The van der Waals surface area contributed by atoms with Crippen LogP contribution in [-0.2, 0) is 11.3 Å². The van der Waals surface area contributed by atoms with E-state index in [-0.39, 0.29) is 6.04 Å². The van der Waals surface area contributed by atoms with Crippen LogP contribution >= 0.6 is 38.9 Å². The van der Waals surface area contributed by atoms with E-state index in [0.29, 0.717) is 13.2 Å². The highest BCUT2D eigenvalue weighted by atomic mass is 79.9. The van der Waals surface area contributed by atoms with E-state index < -0.39 is 0 Å². The van der Waals surface area contributed by atoms with E-state index in [0.717, 1.165) is 19.4 Å². The summed E-state index contributed by atoms with van der Waals surface area (Å²) in [6.07, 6.45) is 1.75. The van der Waals surface area contributed by atoms with Crippen LogP contribution in [0.15, 0.2) is 22.8 Å². The summed E-state index contributed by atoms with van der Waals surface area (Å²) in [7, 11) is 1.66. The highest BCUT2D eigenvalue weighted by molar-refractivity contribution is 9.10. The number of halogens is 2. The Kier molecular flexibility index (Phi) is 4.80. The molecule has 7 heteroatoms. The summed E-state index contributed by atoms with van der Waals surface area (Å²) in [4.78, 5) is 1.01. The first-order valence-corrected chi connectivity index (χ1v) is 7.33. The van der Waals surface area contributed by atoms with Crippen molar-refractivity contribution in [1.29, 1.82) is 0 Å². The molecule has 0 aliphatic heterocycles. The molecule has 2 heterocycles. The topological polar surface area (TPSA) is 53.1 Å². The number of ether oxygens (including phenoxy) is 1. The molecule has 2 aromatic heterocycles. The molecule has 0 aliphatic rings. The van der Waals surface area contributed by atoms with Crippen molar-refractivity contribution in [2.45, 2.75) is 12.6 Å². The lowest BCUT2D eigenvalue weighted by Crippen LogP contribution is -2.18. The summed E-state index contributed by atoms with van der Waals surface area (Å²) < 4.78 is 8.55. The van der Waals surface area contributed by atoms with Crippen LogP contribution in [0.1, 0.15) is 16.6 Å². The van der Waals surface area contributed by atoms with Crippen LogP contribution in [-0.4, -0.2) is 23.5 Å². The Labute approximate surface area is 123 Å². The average Bonchev–Trinajstić information content (AvgIpc) is 2.92. The van der Waals surface area contributed by atoms with Crippen LogP contribution in [0.25, 0.3) is 0 Å². The molecule has 0 amide bonds. The monoisotopic (exact) mass is 349 g/mol. The molecule has 0 fully saturated rings. The summed E-state index contributed by atoms with van der Waals surface area (Å²) in [5, 5.41) is 4.29. The number of rotatable bonds is 5. The summed E-state index contributed by atoms with van der Waals surface area (Å²) in [6.45, 7) is 1.27. The molecule has 0 saturated heterocycles. The van der Waals surface area contributed by atoms with Gasteiger partial charge in [0.15, 0.2) is 0 Å². The Morgan fingerprint density at radius 3 is 3.00 bits per heavy atom. The summed E-state index contributed by atoms with van der Waals surface area (Å²) in [5.41, 5.74) is 7.20. The number of methoxy groups -OCH3 is 1. The minimum Gasteiger partial charge on any atom is -0.383 e. The number of nitrogens with zero attached hydrogens (tertiary/aromatic N) is 2. The quantitative estimate of drug-likeness (QED) is 0.901. The van der Waals surface area contributed by atoms with Crippen LogP contribution in [0.3, 0.4) is 0 Å². The first-order chi connectivity index (χ1) is 8.63. The van der Waals surface area contributed by atoms with Crippen molar-refractivity contribution in [3.63, 3.8) is 0 Å². The van der Waals surface area contributed by atoms with Gasteiger partial charge >= 0.3 is 0 Å². The zero-order valence-corrected chi connectivity index (χ0v) is 12.9. The van der Waals surface area contributed by atoms with E-state index in [1.165, 1.54) is 11.3 Å². The minimum atomic E-state index is -0.240. The molecule has 18 heavy (non-hydrogen) atoms. The molecule has 0 saturated carbocycles. The molecule has 98 valence electrons. The number of hydrogen-bond acceptors (Lipinski definition) is 4. The summed E-state index contributed by atoms with van der Waals surface area (Å²) in [5.74, 6) is 0. The summed E-state index contributed by atoms with van der Waals surface area (Å²) >= 11 is 10.9. The van der Waals surface area contributed by atoms with Gasteiger partial charge in [-0.05, 0) is 28.1 Å². The number of aromatic nitrogens is 2. The average molecular weight is 351 g/mol. The van der Waals surface area contributed by atoms with E-state index in [4.69, 9.17) is 22.1 Å². The Morgan fingerprint density at radius 1 is 1.61 bits per heavy atom. The number of nitrogens with two attached hydrogens (primary N) is 1. The predicted molar refractivity (Wildman–Crippen MR) is 77.2 cm³/mol. The Bertz CT molecular complexity index is 528. The van der Waals surface area contributed by atoms with Gasteiger partial charge in [-0.25, -0.2) is 0 Å². The normalized spacial score (nSPS) is 12.9. The largest absolute Gasteiger partial charge is 0.383 e. The van der Waals surface area contributed by atoms with E-state index in [2.05, 4.69) is 21.0 Å². The Hall–Kier alpha value is -0.400. The van der Waals surface area contributed by atoms with E-state index in [9.17, 15) is 0 Å². The van der Waals surface area contributed by atoms with Crippen LogP contribution in [0.4, 0.5) is 0 Å². The highest BCUT2D eigenvalue weighted by Gasteiger charge is 2.19. The molecule has 1 unspecified atom stereocenters. The van der Waals surface area contributed by atoms with Gasteiger partial charge in [-0.2, -0.15) is 5.10 Å². The van der Waals surface area contributed by atoms with Gasteiger partial charge in [-0.15, -0.1) is 11.3 Å². The zero-order chi connectivity index (χ0) is 13.1. The van der Waals surface area contributed by atoms with Crippen molar-refractivity contribution in [2.24, 2.45) is 5.73 Å². The molecule has 0 bridgehead atoms. The fraction of sp³-hybridized carbons (Fsp3) is 0.364.